The maximum atomic E-state index is 10.2. The molecule has 0 amide bonds. The minimum atomic E-state index is -0.691. The number of nitrogens with one attached hydrogen (secondary N) is 1. The quantitative estimate of drug-likeness (QED) is 0.834. The molecule has 0 bridgehead atoms. The van der Waals surface area contributed by atoms with Crippen molar-refractivity contribution in [2.24, 2.45) is 0 Å². The molecule has 2 rings (SSSR count). The van der Waals surface area contributed by atoms with Gasteiger partial charge in [0.15, 0.2) is 0 Å². The second-order valence-electron chi connectivity index (χ2n) is 5.36. The molecule has 4 heteroatoms. The monoisotopic (exact) mass is 269 g/mol. The molecule has 0 fully saturated rings. The van der Waals surface area contributed by atoms with Crippen LogP contribution in [0.1, 0.15) is 42.7 Å². The van der Waals surface area contributed by atoms with Crippen LogP contribution in [0.4, 0.5) is 0 Å². The number of thiophene rings is 1. The smallest absolute Gasteiger partial charge is 0.0765 e. The molecule has 0 radical (unpaired) electrons. The first-order valence-corrected chi connectivity index (χ1v) is 7.51. The van der Waals surface area contributed by atoms with Crippen molar-refractivity contribution in [3.63, 3.8) is 0 Å². The van der Waals surface area contributed by atoms with E-state index in [4.69, 9.17) is 4.74 Å². The lowest BCUT2D eigenvalue weighted by Crippen LogP contribution is -2.40. The molecule has 1 aliphatic rings. The van der Waals surface area contributed by atoms with Crippen LogP contribution in [-0.2, 0) is 11.2 Å². The molecule has 1 aliphatic carbocycles. The summed E-state index contributed by atoms with van der Waals surface area (Å²) < 4.78 is 5.03. The average molecular weight is 269 g/mol. The Kier molecular flexibility index (Phi) is 4.78. The van der Waals surface area contributed by atoms with Gasteiger partial charge in [-0.15, -0.1) is 11.3 Å². The summed E-state index contributed by atoms with van der Waals surface area (Å²) in [5.41, 5.74) is 0.748. The van der Waals surface area contributed by atoms with Crippen LogP contribution in [0.2, 0.25) is 0 Å². The second-order valence-corrected chi connectivity index (χ2v) is 6.37. The summed E-state index contributed by atoms with van der Waals surface area (Å²) in [7, 11) is 1.67. The maximum absolute atomic E-state index is 10.2. The molecule has 1 heterocycles. The van der Waals surface area contributed by atoms with Gasteiger partial charge in [-0.25, -0.2) is 0 Å². The minimum absolute atomic E-state index is 0.411. The van der Waals surface area contributed by atoms with E-state index in [9.17, 15) is 5.11 Å². The van der Waals surface area contributed by atoms with Gasteiger partial charge in [-0.3, -0.25) is 0 Å². The van der Waals surface area contributed by atoms with Gasteiger partial charge < -0.3 is 15.2 Å². The summed E-state index contributed by atoms with van der Waals surface area (Å²) in [6.45, 7) is 3.09. The van der Waals surface area contributed by atoms with Crippen molar-refractivity contribution in [2.45, 2.75) is 44.2 Å². The zero-order valence-corrected chi connectivity index (χ0v) is 12.1. The fourth-order valence-corrected chi connectivity index (χ4v) is 3.44. The molecule has 0 saturated heterocycles. The van der Waals surface area contributed by atoms with E-state index in [1.807, 2.05) is 18.3 Å². The van der Waals surface area contributed by atoms with Crippen LogP contribution in [0.15, 0.2) is 11.4 Å². The number of ether oxygens (including phenoxy) is 1. The molecule has 1 aromatic rings. The Morgan fingerprint density at radius 3 is 3.22 bits per heavy atom. The van der Waals surface area contributed by atoms with E-state index in [0.717, 1.165) is 0 Å². The Labute approximate surface area is 113 Å². The first kappa shape index (κ1) is 14.0. The number of methoxy groups -OCH3 is 1. The van der Waals surface area contributed by atoms with Gasteiger partial charge in [-0.2, -0.15) is 0 Å². The fraction of sp³-hybridized carbons (Fsp3) is 0.714. The summed E-state index contributed by atoms with van der Waals surface area (Å²) >= 11 is 1.85. The molecule has 3 nitrogen and oxygen atoms in total. The van der Waals surface area contributed by atoms with Crippen LogP contribution >= 0.6 is 11.3 Å². The number of aryl methyl sites for hydroxylation is 1. The Balaban J connectivity index is 1.88. The fourth-order valence-electron chi connectivity index (χ4n) is 2.45. The van der Waals surface area contributed by atoms with Crippen LogP contribution < -0.4 is 5.32 Å². The van der Waals surface area contributed by atoms with Crippen LogP contribution in [0.5, 0.6) is 0 Å². The molecule has 102 valence electrons. The normalized spacial score (nSPS) is 22.5. The van der Waals surface area contributed by atoms with Gasteiger partial charge in [0.1, 0.15) is 0 Å². The number of hydrogen-bond acceptors (Lipinski definition) is 4. The van der Waals surface area contributed by atoms with Gasteiger partial charge >= 0.3 is 0 Å². The third-order valence-corrected chi connectivity index (χ3v) is 4.62. The zero-order valence-electron chi connectivity index (χ0n) is 11.2. The average Bonchev–Trinajstić information content (AvgIpc) is 2.82. The van der Waals surface area contributed by atoms with Crippen LogP contribution in [-0.4, -0.2) is 31.0 Å². The number of rotatable bonds is 6. The zero-order chi connectivity index (χ0) is 13.0. The highest BCUT2D eigenvalue weighted by Gasteiger charge is 2.25. The molecule has 2 unspecified atom stereocenters. The van der Waals surface area contributed by atoms with Crippen molar-refractivity contribution in [1.82, 2.24) is 5.32 Å². The highest BCUT2D eigenvalue weighted by molar-refractivity contribution is 7.10. The number of aliphatic hydroxyl groups is 1. The highest BCUT2D eigenvalue weighted by atomic mass is 32.1. The molecule has 1 aromatic heterocycles. The SMILES string of the molecule is COCCC(C)(O)CNC1CCCc2sccc21. The Morgan fingerprint density at radius 1 is 1.61 bits per heavy atom. The van der Waals surface area contributed by atoms with E-state index in [-0.39, 0.29) is 0 Å². The van der Waals surface area contributed by atoms with Crippen LogP contribution in [0.25, 0.3) is 0 Å². The summed E-state index contributed by atoms with van der Waals surface area (Å²) in [5, 5.41) is 15.9. The summed E-state index contributed by atoms with van der Waals surface area (Å²) in [5.74, 6) is 0. The molecular weight excluding hydrogens is 246 g/mol. The maximum Gasteiger partial charge on any atom is 0.0765 e. The summed E-state index contributed by atoms with van der Waals surface area (Å²) in [6, 6.07) is 2.63. The molecule has 0 saturated carbocycles. The number of hydrogen-bond donors (Lipinski definition) is 2. The summed E-state index contributed by atoms with van der Waals surface area (Å²) in [4.78, 5) is 1.51. The van der Waals surface area contributed by atoms with E-state index in [1.54, 1.807) is 7.11 Å². The Bertz CT molecular complexity index is 376. The lowest BCUT2D eigenvalue weighted by atomic mass is 9.93. The van der Waals surface area contributed by atoms with E-state index in [1.165, 1.54) is 29.7 Å². The Morgan fingerprint density at radius 2 is 2.44 bits per heavy atom. The first-order valence-electron chi connectivity index (χ1n) is 6.63. The lowest BCUT2D eigenvalue weighted by molar-refractivity contribution is 0.0223. The second kappa shape index (κ2) is 6.15. The molecule has 0 aliphatic heterocycles. The predicted octanol–water partition coefficient (Wildman–Crippen LogP) is 2.50. The first-order chi connectivity index (χ1) is 8.62. The largest absolute Gasteiger partial charge is 0.389 e. The van der Waals surface area contributed by atoms with Crippen molar-refractivity contribution in [1.29, 1.82) is 0 Å². The molecule has 2 atom stereocenters. The van der Waals surface area contributed by atoms with E-state index >= 15 is 0 Å². The molecule has 18 heavy (non-hydrogen) atoms. The minimum Gasteiger partial charge on any atom is -0.389 e. The molecule has 0 spiro atoms. The predicted molar refractivity (Wildman–Crippen MR) is 75.1 cm³/mol. The number of fused-ring (bicyclic) bond motifs is 1. The molecular formula is C14H23NO2S. The van der Waals surface area contributed by atoms with Crippen molar-refractivity contribution >= 4 is 11.3 Å². The van der Waals surface area contributed by atoms with E-state index < -0.39 is 5.60 Å². The standard InChI is InChI=1S/C14H23NO2S/c1-14(16,7-8-17-2)10-15-12-4-3-5-13-11(12)6-9-18-13/h6,9,12,15-16H,3-5,7-8,10H2,1-2H3. The highest BCUT2D eigenvalue weighted by Crippen LogP contribution is 2.33. The lowest BCUT2D eigenvalue weighted by Gasteiger charge is -2.29. The Hall–Kier alpha value is -0.420. The van der Waals surface area contributed by atoms with E-state index in [0.29, 0.717) is 25.6 Å². The van der Waals surface area contributed by atoms with Gasteiger partial charge in [0.05, 0.1) is 5.60 Å². The summed E-state index contributed by atoms with van der Waals surface area (Å²) in [6.07, 6.45) is 4.29. The van der Waals surface area contributed by atoms with Gasteiger partial charge in [0.25, 0.3) is 0 Å². The van der Waals surface area contributed by atoms with Gasteiger partial charge in [0, 0.05) is 37.6 Å². The van der Waals surface area contributed by atoms with Crippen molar-refractivity contribution in [3.8, 4) is 0 Å². The molecule has 0 aromatic carbocycles. The van der Waals surface area contributed by atoms with Gasteiger partial charge in [-0.1, -0.05) is 0 Å². The third-order valence-electron chi connectivity index (χ3n) is 3.63. The third kappa shape index (κ3) is 3.54. The van der Waals surface area contributed by atoms with E-state index in [2.05, 4.69) is 16.8 Å². The van der Waals surface area contributed by atoms with Crippen molar-refractivity contribution in [2.75, 3.05) is 20.3 Å². The molecule has 2 N–H and O–H groups in total. The van der Waals surface area contributed by atoms with Crippen molar-refractivity contribution < 1.29 is 9.84 Å². The van der Waals surface area contributed by atoms with Crippen molar-refractivity contribution in [3.05, 3.63) is 21.9 Å². The van der Waals surface area contributed by atoms with Gasteiger partial charge in [-0.05, 0) is 43.2 Å². The van der Waals surface area contributed by atoms with Crippen LogP contribution in [0.3, 0.4) is 0 Å². The van der Waals surface area contributed by atoms with Crippen LogP contribution in [0, 0.1) is 0 Å². The van der Waals surface area contributed by atoms with Gasteiger partial charge in [0.2, 0.25) is 0 Å². The topological polar surface area (TPSA) is 41.5 Å².